The molecule has 0 aliphatic rings. The molecule has 90 valence electrons. The Bertz CT molecular complexity index is 500. The third-order valence-electron chi connectivity index (χ3n) is 2.37. The highest BCUT2D eigenvalue weighted by Crippen LogP contribution is 2.20. The highest BCUT2D eigenvalue weighted by atomic mass is 16.5. The van der Waals surface area contributed by atoms with Crippen molar-refractivity contribution < 1.29 is 4.74 Å². The van der Waals surface area contributed by atoms with Crippen LogP contribution in [0.1, 0.15) is 19.5 Å². The van der Waals surface area contributed by atoms with Gasteiger partial charge in [0.25, 0.3) is 0 Å². The molecule has 0 unspecified atom stereocenters. The van der Waals surface area contributed by atoms with Gasteiger partial charge in [0.15, 0.2) is 0 Å². The van der Waals surface area contributed by atoms with E-state index in [1.165, 1.54) is 0 Å². The Kier molecular flexibility index (Phi) is 3.13. The normalized spacial score (nSPS) is 10.9. The third kappa shape index (κ3) is 2.64. The number of pyridine rings is 1. The lowest BCUT2D eigenvalue weighted by Gasteiger charge is -2.09. The van der Waals surface area contributed by atoms with Crippen LogP contribution in [0.15, 0.2) is 24.4 Å². The molecule has 0 bridgehead atoms. The molecule has 0 aromatic carbocycles. The molecule has 0 saturated carbocycles. The Balaban J connectivity index is 2.26. The average molecular weight is 231 g/mol. The lowest BCUT2D eigenvalue weighted by Crippen LogP contribution is -2.05. The van der Waals surface area contributed by atoms with Gasteiger partial charge in [-0.1, -0.05) is 0 Å². The maximum absolute atomic E-state index is 5.56. The Morgan fingerprint density at radius 3 is 2.53 bits per heavy atom. The quantitative estimate of drug-likeness (QED) is 0.815. The van der Waals surface area contributed by atoms with Crippen LogP contribution >= 0.6 is 0 Å². The standard InChI is InChI=1S/C13H17N3O/c1-9(2)17-11-5-6-12(14-8-11)13-7-10(3)15-16(13)4/h5-9H,1-4H3. The molecule has 0 radical (unpaired) electrons. The van der Waals surface area contributed by atoms with E-state index in [4.69, 9.17) is 4.74 Å². The number of rotatable bonds is 3. The number of aryl methyl sites for hydroxylation is 2. The molecular weight excluding hydrogens is 214 g/mol. The van der Waals surface area contributed by atoms with Gasteiger partial charge in [-0.2, -0.15) is 5.10 Å². The van der Waals surface area contributed by atoms with Crippen molar-refractivity contribution in [2.24, 2.45) is 7.05 Å². The average Bonchev–Trinajstić information content (AvgIpc) is 2.58. The Morgan fingerprint density at radius 1 is 1.29 bits per heavy atom. The molecule has 0 amide bonds. The summed E-state index contributed by atoms with van der Waals surface area (Å²) in [6.07, 6.45) is 1.92. The van der Waals surface area contributed by atoms with E-state index in [9.17, 15) is 0 Å². The van der Waals surface area contributed by atoms with Gasteiger partial charge in [0.05, 0.1) is 29.4 Å². The number of ether oxygens (including phenoxy) is 1. The van der Waals surface area contributed by atoms with Gasteiger partial charge < -0.3 is 4.74 Å². The summed E-state index contributed by atoms with van der Waals surface area (Å²) in [6, 6.07) is 5.91. The van der Waals surface area contributed by atoms with E-state index in [-0.39, 0.29) is 6.10 Å². The summed E-state index contributed by atoms with van der Waals surface area (Å²) in [5, 5.41) is 4.30. The van der Waals surface area contributed by atoms with Crippen molar-refractivity contribution in [3.8, 4) is 17.1 Å². The van der Waals surface area contributed by atoms with E-state index in [0.29, 0.717) is 0 Å². The molecule has 4 heteroatoms. The molecule has 0 fully saturated rings. The summed E-state index contributed by atoms with van der Waals surface area (Å²) in [7, 11) is 1.92. The maximum atomic E-state index is 5.56. The zero-order valence-corrected chi connectivity index (χ0v) is 10.6. The molecule has 2 aromatic heterocycles. The minimum Gasteiger partial charge on any atom is -0.489 e. The molecule has 0 saturated heterocycles. The van der Waals surface area contributed by atoms with Gasteiger partial charge in [-0.3, -0.25) is 9.67 Å². The lowest BCUT2D eigenvalue weighted by molar-refractivity contribution is 0.241. The SMILES string of the molecule is Cc1cc(-c2ccc(OC(C)C)cn2)n(C)n1. The molecule has 0 atom stereocenters. The van der Waals surface area contributed by atoms with Crippen LogP contribution in [0.25, 0.3) is 11.4 Å². The van der Waals surface area contributed by atoms with Crippen LogP contribution < -0.4 is 4.74 Å². The number of hydrogen-bond acceptors (Lipinski definition) is 3. The fraction of sp³-hybridized carbons (Fsp3) is 0.385. The summed E-state index contributed by atoms with van der Waals surface area (Å²) in [5.74, 6) is 0.794. The molecule has 17 heavy (non-hydrogen) atoms. The third-order valence-corrected chi connectivity index (χ3v) is 2.37. The first-order valence-corrected chi connectivity index (χ1v) is 5.70. The van der Waals surface area contributed by atoms with Gasteiger partial charge in [-0.15, -0.1) is 0 Å². The molecule has 2 aromatic rings. The molecule has 0 aliphatic heterocycles. The number of hydrogen-bond donors (Lipinski definition) is 0. The highest BCUT2D eigenvalue weighted by molar-refractivity contribution is 5.55. The van der Waals surface area contributed by atoms with Crippen LogP contribution in [0.2, 0.25) is 0 Å². The van der Waals surface area contributed by atoms with Gasteiger partial charge in [0.2, 0.25) is 0 Å². The molecule has 2 heterocycles. The monoisotopic (exact) mass is 231 g/mol. The summed E-state index contributed by atoms with van der Waals surface area (Å²) in [4.78, 5) is 4.39. The molecule has 2 rings (SSSR count). The Labute approximate surface area is 101 Å². The minimum absolute atomic E-state index is 0.168. The minimum atomic E-state index is 0.168. The zero-order chi connectivity index (χ0) is 12.4. The van der Waals surface area contributed by atoms with Crippen molar-refractivity contribution in [3.63, 3.8) is 0 Å². The van der Waals surface area contributed by atoms with Crippen molar-refractivity contribution in [1.29, 1.82) is 0 Å². The predicted molar refractivity (Wildman–Crippen MR) is 66.9 cm³/mol. The van der Waals surface area contributed by atoms with E-state index in [2.05, 4.69) is 10.1 Å². The van der Waals surface area contributed by atoms with Crippen molar-refractivity contribution >= 4 is 0 Å². The van der Waals surface area contributed by atoms with E-state index in [0.717, 1.165) is 22.8 Å². The number of nitrogens with zero attached hydrogens (tertiary/aromatic N) is 3. The highest BCUT2D eigenvalue weighted by Gasteiger charge is 2.06. The summed E-state index contributed by atoms with van der Waals surface area (Å²) in [5.41, 5.74) is 2.91. The van der Waals surface area contributed by atoms with Crippen LogP contribution in [0, 0.1) is 6.92 Å². The second-order valence-electron chi connectivity index (χ2n) is 4.34. The van der Waals surface area contributed by atoms with Crippen LogP contribution in [-0.2, 0) is 7.05 Å². The van der Waals surface area contributed by atoms with E-state index in [1.807, 2.05) is 50.7 Å². The van der Waals surface area contributed by atoms with Gasteiger partial charge in [0, 0.05) is 7.05 Å². The van der Waals surface area contributed by atoms with Crippen LogP contribution in [0.4, 0.5) is 0 Å². The summed E-state index contributed by atoms with van der Waals surface area (Å²) >= 11 is 0. The topological polar surface area (TPSA) is 39.9 Å². The molecule has 0 spiro atoms. The fourth-order valence-electron chi connectivity index (χ4n) is 1.72. The van der Waals surface area contributed by atoms with Crippen LogP contribution in [0.3, 0.4) is 0 Å². The molecule has 4 nitrogen and oxygen atoms in total. The predicted octanol–water partition coefficient (Wildman–Crippen LogP) is 2.58. The fourth-order valence-corrected chi connectivity index (χ4v) is 1.72. The first-order chi connectivity index (χ1) is 8.06. The van der Waals surface area contributed by atoms with Crippen LogP contribution in [-0.4, -0.2) is 20.9 Å². The first kappa shape index (κ1) is 11.6. The second kappa shape index (κ2) is 4.57. The molecule has 0 N–H and O–H groups in total. The van der Waals surface area contributed by atoms with Gasteiger partial charge in [-0.05, 0) is 39.0 Å². The summed E-state index contributed by atoms with van der Waals surface area (Å²) < 4.78 is 7.39. The maximum Gasteiger partial charge on any atom is 0.138 e. The number of aromatic nitrogens is 3. The Hall–Kier alpha value is -1.84. The largest absolute Gasteiger partial charge is 0.489 e. The Morgan fingerprint density at radius 2 is 2.06 bits per heavy atom. The van der Waals surface area contributed by atoms with E-state index >= 15 is 0 Å². The van der Waals surface area contributed by atoms with Crippen LogP contribution in [0.5, 0.6) is 5.75 Å². The second-order valence-corrected chi connectivity index (χ2v) is 4.34. The zero-order valence-electron chi connectivity index (χ0n) is 10.6. The van der Waals surface area contributed by atoms with Gasteiger partial charge >= 0.3 is 0 Å². The van der Waals surface area contributed by atoms with E-state index < -0.39 is 0 Å². The molecule has 0 aliphatic carbocycles. The molecular formula is C13H17N3O. The van der Waals surface area contributed by atoms with Gasteiger partial charge in [-0.25, -0.2) is 0 Å². The van der Waals surface area contributed by atoms with E-state index in [1.54, 1.807) is 6.20 Å². The first-order valence-electron chi connectivity index (χ1n) is 5.70. The van der Waals surface area contributed by atoms with Crippen molar-refractivity contribution in [1.82, 2.24) is 14.8 Å². The van der Waals surface area contributed by atoms with Crippen molar-refractivity contribution in [3.05, 3.63) is 30.1 Å². The van der Waals surface area contributed by atoms with Gasteiger partial charge in [0.1, 0.15) is 5.75 Å². The van der Waals surface area contributed by atoms with Crippen molar-refractivity contribution in [2.75, 3.05) is 0 Å². The smallest absolute Gasteiger partial charge is 0.138 e. The lowest BCUT2D eigenvalue weighted by atomic mass is 10.2. The summed E-state index contributed by atoms with van der Waals surface area (Å²) in [6.45, 7) is 5.97. The van der Waals surface area contributed by atoms with Crippen molar-refractivity contribution in [2.45, 2.75) is 26.9 Å².